The van der Waals surface area contributed by atoms with Crippen LogP contribution in [0.25, 0.3) is 0 Å². The first kappa shape index (κ1) is 22.3. The van der Waals surface area contributed by atoms with Crippen LogP contribution in [0, 0.1) is 0 Å². The summed E-state index contributed by atoms with van der Waals surface area (Å²) in [6, 6.07) is 5.82. The van der Waals surface area contributed by atoms with Crippen molar-refractivity contribution in [3.05, 3.63) is 23.8 Å². The molecule has 1 N–H and O–H groups in total. The molecule has 0 saturated carbocycles. The molecule has 7 nitrogen and oxygen atoms in total. The molecule has 1 aromatic carbocycles. The van der Waals surface area contributed by atoms with Gasteiger partial charge in [-0.2, -0.15) is 0 Å². The number of sulfone groups is 1. The standard InChI is InChI=1S/C20H33N3O4S/c1-6-11-27-17-9-8-16(13-18(17)26-5)14-22-19(21-7-2)23-10-12-28(24,25)20(3,4)15-23/h8-9,13H,6-7,10-12,14-15H2,1-5H3,(H,21,22). The van der Waals surface area contributed by atoms with Gasteiger partial charge in [-0.05, 0) is 44.9 Å². The first-order chi connectivity index (χ1) is 13.2. The average Bonchev–Trinajstić information content (AvgIpc) is 2.66. The highest BCUT2D eigenvalue weighted by atomic mass is 32.2. The molecule has 0 amide bonds. The molecule has 158 valence electrons. The molecule has 1 aliphatic heterocycles. The van der Waals surface area contributed by atoms with Crippen LogP contribution in [-0.4, -0.2) is 63.1 Å². The van der Waals surface area contributed by atoms with Crippen molar-refractivity contribution in [1.82, 2.24) is 10.2 Å². The second kappa shape index (κ2) is 9.49. The van der Waals surface area contributed by atoms with Gasteiger partial charge in [0.25, 0.3) is 0 Å². The SMILES string of the molecule is CCCOc1ccc(CN=C(NCC)N2CCS(=O)(=O)C(C)(C)C2)cc1OC. The monoisotopic (exact) mass is 411 g/mol. The van der Waals surface area contributed by atoms with Crippen LogP contribution >= 0.6 is 0 Å². The van der Waals surface area contributed by atoms with Crippen LogP contribution in [0.2, 0.25) is 0 Å². The summed E-state index contributed by atoms with van der Waals surface area (Å²) in [5.41, 5.74) is 1.000. The van der Waals surface area contributed by atoms with E-state index in [1.165, 1.54) is 0 Å². The fraction of sp³-hybridized carbons (Fsp3) is 0.650. The summed E-state index contributed by atoms with van der Waals surface area (Å²) in [5, 5.41) is 3.28. The lowest BCUT2D eigenvalue weighted by Crippen LogP contribution is -2.57. The maximum Gasteiger partial charge on any atom is 0.194 e. The highest BCUT2D eigenvalue weighted by Crippen LogP contribution is 2.29. The zero-order valence-corrected chi connectivity index (χ0v) is 18.4. The Hall–Kier alpha value is -1.96. The number of hydrogen-bond acceptors (Lipinski definition) is 5. The summed E-state index contributed by atoms with van der Waals surface area (Å²) in [5.74, 6) is 2.29. The molecule has 0 aliphatic carbocycles. The molecule has 0 atom stereocenters. The summed E-state index contributed by atoms with van der Waals surface area (Å²) < 4.78 is 34.9. The predicted octanol–water partition coefficient (Wildman–Crippen LogP) is 2.46. The molecule has 2 rings (SSSR count). The fourth-order valence-electron chi connectivity index (χ4n) is 3.06. The van der Waals surface area contributed by atoms with Gasteiger partial charge in [0.1, 0.15) is 0 Å². The van der Waals surface area contributed by atoms with Crippen molar-refractivity contribution in [2.45, 2.75) is 45.4 Å². The summed E-state index contributed by atoms with van der Waals surface area (Å²) in [4.78, 5) is 6.76. The number of guanidine groups is 1. The number of hydrogen-bond donors (Lipinski definition) is 1. The first-order valence-electron chi connectivity index (χ1n) is 9.79. The Balaban J connectivity index is 2.17. The van der Waals surface area contributed by atoms with Gasteiger partial charge in [-0.25, -0.2) is 13.4 Å². The lowest BCUT2D eigenvalue weighted by molar-refractivity contribution is 0.294. The van der Waals surface area contributed by atoms with Crippen molar-refractivity contribution < 1.29 is 17.9 Å². The van der Waals surface area contributed by atoms with Gasteiger partial charge < -0.3 is 19.7 Å². The average molecular weight is 412 g/mol. The number of ether oxygens (including phenoxy) is 2. The third kappa shape index (κ3) is 5.31. The molecule has 1 aliphatic rings. The van der Waals surface area contributed by atoms with Gasteiger partial charge in [0.15, 0.2) is 27.3 Å². The van der Waals surface area contributed by atoms with E-state index in [4.69, 9.17) is 14.5 Å². The zero-order chi connectivity index (χ0) is 20.8. The van der Waals surface area contributed by atoms with Crippen LogP contribution in [0.5, 0.6) is 11.5 Å². The van der Waals surface area contributed by atoms with E-state index >= 15 is 0 Å². The van der Waals surface area contributed by atoms with Crippen molar-refractivity contribution >= 4 is 15.8 Å². The normalized spacial score (nSPS) is 18.6. The van der Waals surface area contributed by atoms with E-state index in [2.05, 4.69) is 12.2 Å². The number of nitrogens with one attached hydrogen (secondary N) is 1. The zero-order valence-electron chi connectivity index (χ0n) is 17.6. The van der Waals surface area contributed by atoms with E-state index in [1.54, 1.807) is 21.0 Å². The molecular weight excluding hydrogens is 378 g/mol. The van der Waals surface area contributed by atoms with E-state index in [-0.39, 0.29) is 5.75 Å². The molecule has 1 saturated heterocycles. The van der Waals surface area contributed by atoms with E-state index in [0.29, 0.717) is 32.0 Å². The van der Waals surface area contributed by atoms with Gasteiger partial charge in [0.05, 0.1) is 30.8 Å². The molecule has 1 heterocycles. The second-order valence-corrected chi connectivity index (χ2v) is 10.2. The van der Waals surface area contributed by atoms with Crippen molar-refractivity contribution in [2.75, 3.05) is 39.1 Å². The molecule has 1 fully saturated rings. The van der Waals surface area contributed by atoms with Crippen molar-refractivity contribution in [2.24, 2.45) is 4.99 Å². The van der Waals surface area contributed by atoms with E-state index < -0.39 is 14.6 Å². The quantitative estimate of drug-likeness (QED) is 0.548. The second-order valence-electron chi connectivity index (χ2n) is 7.50. The van der Waals surface area contributed by atoms with Gasteiger partial charge in [0, 0.05) is 19.6 Å². The van der Waals surface area contributed by atoms with Crippen LogP contribution in [0.3, 0.4) is 0 Å². The largest absolute Gasteiger partial charge is 0.493 e. The number of methoxy groups -OCH3 is 1. The van der Waals surface area contributed by atoms with Crippen molar-refractivity contribution in [3.63, 3.8) is 0 Å². The number of benzene rings is 1. The molecule has 1 aromatic rings. The Kier molecular flexibility index (Phi) is 7.57. The molecule has 0 aromatic heterocycles. The predicted molar refractivity (Wildman–Crippen MR) is 113 cm³/mol. The summed E-state index contributed by atoms with van der Waals surface area (Å²) in [6.07, 6.45) is 0.934. The third-order valence-electron chi connectivity index (χ3n) is 4.78. The Labute approximate surface area is 169 Å². The molecule has 0 bridgehead atoms. The van der Waals surface area contributed by atoms with E-state index in [9.17, 15) is 8.42 Å². The van der Waals surface area contributed by atoms with Crippen LogP contribution in [0.4, 0.5) is 0 Å². The van der Waals surface area contributed by atoms with Crippen molar-refractivity contribution in [3.8, 4) is 11.5 Å². The van der Waals surface area contributed by atoms with Gasteiger partial charge in [-0.15, -0.1) is 0 Å². The minimum absolute atomic E-state index is 0.141. The van der Waals surface area contributed by atoms with Gasteiger partial charge in [-0.1, -0.05) is 13.0 Å². The summed E-state index contributed by atoms with van der Waals surface area (Å²) >= 11 is 0. The first-order valence-corrected chi connectivity index (χ1v) is 11.4. The maximum atomic E-state index is 12.3. The topological polar surface area (TPSA) is 80.2 Å². The molecule has 8 heteroatoms. The molecule has 0 unspecified atom stereocenters. The Morgan fingerprint density at radius 3 is 2.64 bits per heavy atom. The van der Waals surface area contributed by atoms with Crippen LogP contribution < -0.4 is 14.8 Å². The van der Waals surface area contributed by atoms with Crippen LogP contribution in [0.15, 0.2) is 23.2 Å². The fourth-order valence-corrected chi connectivity index (χ4v) is 4.42. The van der Waals surface area contributed by atoms with Crippen LogP contribution in [0.1, 0.15) is 39.7 Å². The summed E-state index contributed by atoms with van der Waals surface area (Å²) in [6.45, 7) is 10.3. The lowest BCUT2D eigenvalue weighted by Gasteiger charge is -2.39. The van der Waals surface area contributed by atoms with Gasteiger partial charge >= 0.3 is 0 Å². The Bertz CT molecular complexity index is 791. The molecule has 28 heavy (non-hydrogen) atoms. The number of nitrogens with zero attached hydrogens (tertiary/aromatic N) is 2. The van der Waals surface area contributed by atoms with E-state index in [0.717, 1.165) is 30.2 Å². The highest BCUT2D eigenvalue weighted by molar-refractivity contribution is 7.92. The third-order valence-corrected chi connectivity index (χ3v) is 7.31. The number of aliphatic imine (C=N–C) groups is 1. The smallest absolute Gasteiger partial charge is 0.194 e. The molecular formula is C20H33N3O4S. The summed E-state index contributed by atoms with van der Waals surface area (Å²) in [7, 11) is -1.46. The maximum absolute atomic E-state index is 12.3. The van der Waals surface area contributed by atoms with Gasteiger partial charge in [-0.3, -0.25) is 0 Å². The van der Waals surface area contributed by atoms with E-state index in [1.807, 2.05) is 30.0 Å². The van der Waals surface area contributed by atoms with Crippen molar-refractivity contribution in [1.29, 1.82) is 0 Å². The minimum atomic E-state index is -3.09. The molecule has 0 spiro atoms. The number of rotatable bonds is 7. The van der Waals surface area contributed by atoms with Crippen LogP contribution in [-0.2, 0) is 16.4 Å². The Morgan fingerprint density at radius 2 is 2.04 bits per heavy atom. The minimum Gasteiger partial charge on any atom is -0.493 e. The highest BCUT2D eigenvalue weighted by Gasteiger charge is 2.40. The lowest BCUT2D eigenvalue weighted by atomic mass is 10.2. The van der Waals surface area contributed by atoms with Gasteiger partial charge in [0.2, 0.25) is 0 Å². The molecule has 0 radical (unpaired) electrons. The Morgan fingerprint density at radius 1 is 1.29 bits per heavy atom.